The fourth-order valence-electron chi connectivity index (χ4n) is 3.27. The second-order valence-corrected chi connectivity index (χ2v) is 6.01. The Hall–Kier alpha value is -2.42. The van der Waals surface area contributed by atoms with Crippen LogP contribution in [0.4, 0.5) is 11.6 Å². The Kier molecular flexibility index (Phi) is 3.07. The topological polar surface area (TPSA) is 29.0 Å². The van der Waals surface area contributed by atoms with Gasteiger partial charge in [0.05, 0.1) is 11.2 Å². The molecule has 0 fully saturated rings. The van der Waals surface area contributed by atoms with Crippen LogP contribution in [0.1, 0.15) is 23.2 Å². The Morgan fingerprint density at radius 1 is 1.00 bits per heavy atom. The minimum atomic E-state index is 0.820. The van der Waals surface area contributed by atoms with Gasteiger partial charge in [0, 0.05) is 17.6 Å². The second kappa shape index (κ2) is 5.09. The summed E-state index contributed by atoms with van der Waals surface area (Å²) in [6.07, 6.45) is 2.28. The van der Waals surface area contributed by atoms with E-state index in [-0.39, 0.29) is 0 Å². The lowest BCUT2D eigenvalue weighted by atomic mass is 10.00. The van der Waals surface area contributed by atoms with Gasteiger partial charge >= 0.3 is 0 Å². The third-order valence-corrected chi connectivity index (χ3v) is 4.38. The summed E-state index contributed by atoms with van der Waals surface area (Å²) in [5.41, 5.74) is 6.03. The monoisotopic (exact) mass is 289 g/mol. The van der Waals surface area contributed by atoms with Crippen LogP contribution in [0.15, 0.2) is 42.5 Å². The van der Waals surface area contributed by atoms with E-state index in [1.165, 1.54) is 16.8 Å². The summed E-state index contributed by atoms with van der Waals surface area (Å²) in [4.78, 5) is 11.8. The quantitative estimate of drug-likeness (QED) is 0.667. The molecule has 0 amide bonds. The number of anilines is 2. The number of hydrogen-bond acceptors (Lipinski definition) is 3. The van der Waals surface area contributed by atoms with Crippen molar-refractivity contribution >= 4 is 22.5 Å². The van der Waals surface area contributed by atoms with Gasteiger partial charge in [-0.2, -0.15) is 0 Å². The number of aromatic nitrogens is 2. The van der Waals surface area contributed by atoms with Crippen molar-refractivity contribution in [3.05, 3.63) is 59.3 Å². The third kappa shape index (κ3) is 2.13. The molecular weight excluding hydrogens is 270 g/mol. The summed E-state index contributed by atoms with van der Waals surface area (Å²) >= 11 is 0. The van der Waals surface area contributed by atoms with Gasteiger partial charge in [-0.1, -0.05) is 35.9 Å². The molecule has 0 radical (unpaired) electrons. The normalized spacial score (nSPS) is 14.2. The number of rotatable bonds is 1. The Morgan fingerprint density at radius 2 is 1.86 bits per heavy atom. The second-order valence-electron chi connectivity index (χ2n) is 6.01. The number of aryl methyl sites for hydroxylation is 3. The predicted molar refractivity (Wildman–Crippen MR) is 90.8 cm³/mol. The van der Waals surface area contributed by atoms with Crippen molar-refractivity contribution in [3.63, 3.8) is 0 Å². The molecule has 0 aliphatic carbocycles. The van der Waals surface area contributed by atoms with Gasteiger partial charge < -0.3 is 4.90 Å². The van der Waals surface area contributed by atoms with E-state index in [0.717, 1.165) is 41.9 Å². The average molecular weight is 289 g/mol. The molecular formula is C19H19N3. The molecule has 0 saturated heterocycles. The molecule has 3 heteroatoms. The molecule has 0 atom stereocenters. The fourth-order valence-corrected chi connectivity index (χ4v) is 3.27. The maximum absolute atomic E-state index is 4.80. The fraction of sp³-hybridized carbons (Fsp3) is 0.263. The number of benzene rings is 2. The zero-order chi connectivity index (χ0) is 15.1. The molecule has 22 heavy (non-hydrogen) atoms. The summed E-state index contributed by atoms with van der Waals surface area (Å²) in [7, 11) is 0. The number of nitrogens with zero attached hydrogens (tertiary/aromatic N) is 3. The van der Waals surface area contributed by atoms with Crippen LogP contribution in [0.3, 0.4) is 0 Å². The molecule has 1 aliphatic rings. The largest absolute Gasteiger partial charge is 0.310 e. The lowest BCUT2D eigenvalue weighted by Crippen LogP contribution is -2.26. The van der Waals surface area contributed by atoms with Gasteiger partial charge in [-0.05, 0) is 44.4 Å². The van der Waals surface area contributed by atoms with Gasteiger partial charge in [-0.15, -0.1) is 0 Å². The summed E-state index contributed by atoms with van der Waals surface area (Å²) in [5, 5.41) is 1.13. The molecule has 1 aromatic heterocycles. The number of para-hydroxylation sites is 1. The SMILES string of the molecule is Cc1ccc2c(c1)CCCN2c1nc(C)c2ccccc2n1. The zero-order valence-electron chi connectivity index (χ0n) is 13.0. The highest BCUT2D eigenvalue weighted by Crippen LogP contribution is 2.33. The van der Waals surface area contributed by atoms with E-state index in [2.05, 4.69) is 49.1 Å². The standard InChI is InChI=1S/C19H19N3/c1-13-9-10-18-15(12-13)6-5-11-22(18)19-20-14(2)16-7-3-4-8-17(16)21-19/h3-4,7-10,12H,5-6,11H2,1-2H3. The predicted octanol–water partition coefficient (Wildman–Crippen LogP) is 4.33. The Bertz CT molecular complexity index is 854. The van der Waals surface area contributed by atoms with E-state index in [1.807, 2.05) is 12.1 Å². The molecule has 3 nitrogen and oxygen atoms in total. The van der Waals surface area contributed by atoms with E-state index in [9.17, 15) is 0 Å². The van der Waals surface area contributed by atoms with Crippen molar-refractivity contribution in [3.8, 4) is 0 Å². The van der Waals surface area contributed by atoms with Crippen molar-refractivity contribution in [1.82, 2.24) is 9.97 Å². The van der Waals surface area contributed by atoms with E-state index < -0.39 is 0 Å². The molecule has 110 valence electrons. The van der Waals surface area contributed by atoms with E-state index in [0.29, 0.717) is 0 Å². The molecule has 0 unspecified atom stereocenters. The third-order valence-electron chi connectivity index (χ3n) is 4.38. The van der Waals surface area contributed by atoms with Gasteiger partial charge in [-0.25, -0.2) is 9.97 Å². The smallest absolute Gasteiger partial charge is 0.230 e. The first-order chi connectivity index (χ1) is 10.7. The highest BCUT2D eigenvalue weighted by Gasteiger charge is 2.21. The minimum absolute atomic E-state index is 0.820. The number of fused-ring (bicyclic) bond motifs is 2. The average Bonchev–Trinajstić information content (AvgIpc) is 2.54. The van der Waals surface area contributed by atoms with E-state index >= 15 is 0 Å². The van der Waals surface area contributed by atoms with Crippen molar-refractivity contribution < 1.29 is 0 Å². The van der Waals surface area contributed by atoms with Gasteiger partial charge in [0.15, 0.2) is 0 Å². The Morgan fingerprint density at radius 3 is 2.77 bits per heavy atom. The summed E-state index contributed by atoms with van der Waals surface area (Å²) < 4.78 is 0. The maximum atomic E-state index is 4.80. The molecule has 4 rings (SSSR count). The molecule has 0 spiro atoms. The van der Waals surface area contributed by atoms with Crippen LogP contribution >= 0.6 is 0 Å². The zero-order valence-corrected chi connectivity index (χ0v) is 13.0. The summed E-state index contributed by atoms with van der Waals surface area (Å²) in [6, 6.07) is 14.9. The minimum Gasteiger partial charge on any atom is -0.310 e. The molecule has 0 saturated carbocycles. The Labute approximate surface area is 130 Å². The molecule has 2 heterocycles. The molecule has 0 N–H and O–H groups in total. The first kappa shape index (κ1) is 13.3. The lowest BCUT2D eigenvalue weighted by Gasteiger charge is -2.30. The molecule has 1 aliphatic heterocycles. The van der Waals surface area contributed by atoms with Crippen LogP contribution in [0.25, 0.3) is 10.9 Å². The van der Waals surface area contributed by atoms with Gasteiger partial charge in [0.25, 0.3) is 0 Å². The van der Waals surface area contributed by atoms with Crippen LogP contribution < -0.4 is 4.90 Å². The van der Waals surface area contributed by atoms with Crippen LogP contribution in [0, 0.1) is 13.8 Å². The van der Waals surface area contributed by atoms with Crippen LogP contribution in [0.2, 0.25) is 0 Å². The summed E-state index contributed by atoms with van der Waals surface area (Å²) in [6.45, 7) is 5.19. The van der Waals surface area contributed by atoms with Crippen LogP contribution in [-0.2, 0) is 6.42 Å². The maximum Gasteiger partial charge on any atom is 0.230 e. The van der Waals surface area contributed by atoms with Gasteiger partial charge in [0.1, 0.15) is 0 Å². The van der Waals surface area contributed by atoms with Crippen molar-refractivity contribution in [2.45, 2.75) is 26.7 Å². The molecule has 0 bridgehead atoms. The summed E-state index contributed by atoms with van der Waals surface area (Å²) in [5.74, 6) is 0.820. The van der Waals surface area contributed by atoms with E-state index in [4.69, 9.17) is 9.97 Å². The highest BCUT2D eigenvalue weighted by atomic mass is 15.3. The molecule has 2 aromatic carbocycles. The lowest BCUT2D eigenvalue weighted by molar-refractivity contribution is 0.750. The molecule has 3 aromatic rings. The van der Waals surface area contributed by atoms with Crippen molar-refractivity contribution in [2.24, 2.45) is 0 Å². The van der Waals surface area contributed by atoms with Crippen molar-refractivity contribution in [2.75, 3.05) is 11.4 Å². The highest BCUT2D eigenvalue weighted by molar-refractivity contribution is 5.82. The first-order valence-electron chi connectivity index (χ1n) is 7.83. The van der Waals surface area contributed by atoms with E-state index in [1.54, 1.807) is 0 Å². The van der Waals surface area contributed by atoms with Gasteiger partial charge in [-0.3, -0.25) is 0 Å². The van der Waals surface area contributed by atoms with Crippen molar-refractivity contribution in [1.29, 1.82) is 0 Å². The first-order valence-corrected chi connectivity index (χ1v) is 7.83. The van der Waals surface area contributed by atoms with Gasteiger partial charge in [0.2, 0.25) is 5.95 Å². The number of hydrogen-bond donors (Lipinski definition) is 0. The van der Waals surface area contributed by atoms with Crippen LogP contribution in [-0.4, -0.2) is 16.5 Å². The Balaban J connectivity index is 1.87. The van der Waals surface area contributed by atoms with Crippen LogP contribution in [0.5, 0.6) is 0 Å².